The molecule has 0 aliphatic rings. The first kappa shape index (κ1) is 15.3. The maximum Gasteiger partial charge on any atom is 0.224 e. The van der Waals surface area contributed by atoms with Crippen molar-refractivity contribution in [1.82, 2.24) is 4.98 Å². The average Bonchev–Trinajstić information content (AvgIpc) is 2.46. The van der Waals surface area contributed by atoms with Gasteiger partial charge in [0.1, 0.15) is 5.75 Å². The lowest BCUT2D eigenvalue weighted by Gasteiger charge is -2.07. The first-order valence-corrected chi connectivity index (χ1v) is 7.31. The second-order valence-corrected chi connectivity index (χ2v) is 5.38. The molecule has 1 amide bonds. The Morgan fingerprint density at radius 1 is 1.29 bits per heavy atom. The van der Waals surface area contributed by atoms with Crippen LogP contribution in [0.15, 0.2) is 47.2 Å². The number of carbonyl (C=O) groups excluding carboxylic acids is 1. The van der Waals surface area contributed by atoms with Crippen LogP contribution in [0.1, 0.15) is 12.8 Å². The van der Waals surface area contributed by atoms with E-state index in [1.807, 2.05) is 6.07 Å². The van der Waals surface area contributed by atoms with Gasteiger partial charge in [0.2, 0.25) is 5.91 Å². The highest BCUT2D eigenvalue weighted by molar-refractivity contribution is 9.10. The Morgan fingerprint density at radius 2 is 2.05 bits per heavy atom. The number of anilines is 2. The zero-order valence-electron chi connectivity index (χ0n) is 11.4. The number of hydrogen-bond acceptors (Lipinski definition) is 4. The van der Waals surface area contributed by atoms with Gasteiger partial charge >= 0.3 is 0 Å². The molecule has 0 fully saturated rings. The number of pyridine rings is 1. The summed E-state index contributed by atoms with van der Waals surface area (Å²) in [7, 11) is 0. The number of amides is 1. The summed E-state index contributed by atoms with van der Waals surface area (Å²) in [5.74, 6) is 0.638. The molecule has 5 nitrogen and oxygen atoms in total. The predicted octanol–water partition coefficient (Wildman–Crippen LogP) is 3.22. The molecule has 2 rings (SSSR count). The number of nitrogens with two attached hydrogens (primary N) is 1. The van der Waals surface area contributed by atoms with Crippen LogP contribution in [0, 0.1) is 0 Å². The van der Waals surface area contributed by atoms with E-state index in [9.17, 15) is 4.79 Å². The van der Waals surface area contributed by atoms with E-state index < -0.39 is 0 Å². The van der Waals surface area contributed by atoms with E-state index in [0.29, 0.717) is 30.9 Å². The third kappa shape index (κ3) is 5.43. The lowest BCUT2D eigenvalue weighted by atomic mass is 10.2. The van der Waals surface area contributed by atoms with Crippen molar-refractivity contribution >= 4 is 33.2 Å². The van der Waals surface area contributed by atoms with Gasteiger partial charge in [-0.2, -0.15) is 0 Å². The summed E-state index contributed by atoms with van der Waals surface area (Å²) in [4.78, 5) is 15.7. The third-order valence-corrected chi connectivity index (χ3v) is 3.12. The fourth-order valence-electron chi connectivity index (χ4n) is 1.68. The molecule has 110 valence electrons. The summed E-state index contributed by atoms with van der Waals surface area (Å²) >= 11 is 3.32. The van der Waals surface area contributed by atoms with Crippen LogP contribution in [0.25, 0.3) is 0 Å². The van der Waals surface area contributed by atoms with Gasteiger partial charge in [-0.25, -0.2) is 0 Å². The van der Waals surface area contributed by atoms with Crippen molar-refractivity contribution in [1.29, 1.82) is 0 Å². The summed E-state index contributed by atoms with van der Waals surface area (Å²) in [6, 6.07) is 8.88. The minimum Gasteiger partial charge on any atom is -0.492 e. The van der Waals surface area contributed by atoms with E-state index >= 15 is 0 Å². The molecule has 0 bridgehead atoms. The average molecular weight is 350 g/mol. The van der Waals surface area contributed by atoms with E-state index in [2.05, 4.69) is 26.2 Å². The van der Waals surface area contributed by atoms with E-state index in [1.54, 1.807) is 36.7 Å². The first-order valence-electron chi connectivity index (χ1n) is 6.52. The Hall–Kier alpha value is -2.08. The third-order valence-electron chi connectivity index (χ3n) is 2.69. The Balaban J connectivity index is 1.68. The van der Waals surface area contributed by atoms with Crippen molar-refractivity contribution in [2.75, 3.05) is 17.7 Å². The molecule has 1 heterocycles. The van der Waals surface area contributed by atoms with Gasteiger partial charge in [-0.3, -0.25) is 9.78 Å². The molecule has 1 aromatic heterocycles. The van der Waals surface area contributed by atoms with Gasteiger partial charge in [0.05, 0.1) is 12.8 Å². The summed E-state index contributed by atoms with van der Waals surface area (Å²) in [6.45, 7) is 0.466. The zero-order chi connectivity index (χ0) is 15.1. The number of halogens is 1. The maximum atomic E-state index is 11.7. The van der Waals surface area contributed by atoms with E-state index in [1.165, 1.54) is 0 Å². The van der Waals surface area contributed by atoms with Crippen molar-refractivity contribution in [3.05, 3.63) is 47.2 Å². The summed E-state index contributed by atoms with van der Waals surface area (Å²) in [5, 5.41) is 2.81. The molecule has 0 radical (unpaired) electrons. The summed E-state index contributed by atoms with van der Waals surface area (Å²) in [6.07, 6.45) is 4.35. The van der Waals surface area contributed by atoms with Crippen molar-refractivity contribution in [3.8, 4) is 5.75 Å². The normalized spacial score (nSPS) is 10.1. The van der Waals surface area contributed by atoms with Crippen molar-refractivity contribution in [2.24, 2.45) is 0 Å². The van der Waals surface area contributed by atoms with Crippen LogP contribution < -0.4 is 15.8 Å². The number of nitrogens with one attached hydrogen (secondary N) is 1. The highest BCUT2D eigenvalue weighted by atomic mass is 79.9. The molecule has 0 spiro atoms. The number of nitrogens with zero attached hydrogens (tertiary/aromatic N) is 1. The van der Waals surface area contributed by atoms with Crippen LogP contribution in [-0.2, 0) is 4.79 Å². The van der Waals surface area contributed by atoms with E-state index in [4.69, 9.17) is 10.5 Å². The molecular formula is C15H16BrN3O2. The first-order chi connectivity index (χ1) is 10.1. The molecule has 0 aliphatic heterocycles. The lowest BCUT2D eigenvalue weighted by Crippen LogP contribution is -2.12. The molecule has 0 aliphatic carbocycles. The van der Waals surface area contributed by atoms with Crippen LogP contribution >= 0.6 is 15.9 Å². The Bertz CT molecular complexity index is 602. The quantitative estimate of drug-likeness (QED) is 0.619. The van der Waals surface area contributed by atoms with E-state index in [-0.39, 0.29) is 5.91 Å². The van der Waals surface area contributed by atoms with Gasteiger partial charge in [0.15, 0.2) is 0 Å². The molecule has 3 N–H and O–H groups in total. The molecule has 0 saturated carbocycles. The largest absolute Gasteiger partial charge is 0.492 e. The smallest absolute Gasteiger partial charge is 0.224 e. The molecule has 21 heavy (non-hydrogen) atoms. The molecule has 6 heteroatoms. The van der Waals surface area contributed by atoms with Crippen LogP contribution in [-0.4, -0.2) is 17.5 Å². The van der Waals surface area contributed by atoms with Crippen LogP contribution in [0.2, 0.25) is 0 Å². The standard InChI is InChI=1S/C15H16BrN3O2/c16-11-8-14(10-18-9-11)21-7-1-2-15(20)19-13-5-3-12(17)4-6-13/h3-6,8-10H,1-2,7,17H2,(H,19,20). The molecule has 0 saturated heterocycles. The maximum absolute atomic E-state index is 11.7. The van der Waals surface area contributed by atoms with Gasteiger partial charge in [-0.1, -0.05) is 0 Å². The predicted molar refractivity (Wildman–Crippen MR) is 86.2 cm³/mol. The number of hydrogen-bond donors (Lipinski definition) is 2. The van der Waals surface area contributed by atoms with Crippen LogP contribution in [0.4, 0.5) is 11.4 Å². The summed E-state index contributed by atoms with van der Waals surface area (Å²) in [5.41, 5.74) is 7.00. The molecule has 2 aromatic rings. The van der Waals surface area contributed by atoms with Crippen LogP contribution in [0.3, 0.4) is 0 Å². The number of aromatic nitrogens is 1. The van der Waals surface area contributed by atoms with Crippen molar-refractivity contribution < 1.29 is 9.53 Å². The topological polar surface area (TPSA) is 77.2 Å². The highest BCUT2D eigenvalue weighted by Crippen LogP contribution is 2.16. The SMILES string of the molecule is Nc1ccc(NC(=O)CCCOc2cncc(Br)c2)cc1. The minimum atomic E-state index is -0.0456. The van der Waals surface area contributed by atoms with Crippen LogP contribution in [0.5, 0.6) is 5.75 Å². The summed E-state index contributed by atoms with van der Waals surface area (Å²) < 4.78 is 6.38. The monoisotopic (exact) mass is 349 g/mol. The second-order valence-electron chi connectivity index (χ2n) is 4.46. The molecule has 1 aromatic carbocycles. The lowest BCUT2D eigenvalue weighted by molar-refractivity contribution is -0.116. The van der Waals surface area contributed by atoms with Gasteiger partial charge in [0.25, 0.3) is 0 Å². The fraction of sp³-hybridized carbons (Fsp3) is 0.200. The number of rotatable bonds is 6. The van der Waals surface area contributed by atoms with Gasteiger partial charge in [0, 0.05) is 28.5 Å². The zero-order valence-corrected chi connectivity index (χ0v) is 13.0. The van der Waals surface area contributed by atoms with E-state index in [0.717, 1.165) is 10.2 Å². The Labute approximate surface area is 131 Å². The molecule has 0 atom stereocenters. The number of benzene rings is 1. The highest BCUT2D eigenvalue weighted by Gasteiger charge is 2.03. The number of nitrogen functional groups attached to an aromatic ring is 1. The Morgan fingerprint density at radius 3 is 2.76 bits per heavy atom. The molecule has 0 unspecified atom stereocenters. The van der Waals surface area contributed by atoms with Crippen molar-refractivity contribution in [2.45, 2.75) is 12.8 Å². The Kier molecular flexibility index (Phi) is 5.57. The number of carbonyl (C=O) groups is 1. The fourth-order valence-corrected chi connectivity index (χ4v) is 2.03. The van der Waals surface area contributed by atoms with Gasteiger partial charge < -0.3 is 15.8 Å². The van der Waals surface area contributed by atoms with Gasteiger partial charge in [-0.05, 0) is 52.7 Å². The number of ether oxygens (including phenoxy) is 1. The van der Waals surface area contributed by atoms with Gasteiger partial charge in [-0.15, -0.1) is 0 Å². The second kappa shape index (κ2) is 7.64. The molecular weight excluding hydrogens is 334 g/mol. The minimum absolute atomic E-state index is 0.0456. The van der Waals surface area contributed by atoms with Crippen molar-refractivity contribution in [3.63, 3.8) is 0 Å².